The number of carbonyl (C=O) groups excluding carboxylic acids is 1. The molecule has 1 amide bonds. The van der Waals surface area contributed by atoms with Gasteiger partial charge in [0.05, 0.1) is 19.8 Å². The van der Waals surface area contributed by atoms with Crippen LogP contribution in [-0.2, 0) is 17.6 Å². The van der Waals surface area contributed by atoms with Gasteiger partial charge in [0, 0.05) is 30.7 Å². The summed E-state index contributed by atoms with van der Waals surface area (Å²) >= 11 is 1.47. The largest absolute Gasteiger partial charge is 0.493 e. The minimum atomic E-state index is -0.481. The number of anilines is 1. The van der Waals surface area contributed by atoms with E-state index in [1.807, 2.05) is 31.3 Å². The molecule has 7 nitrogen and oxygen atoms in total. The number of methoxy groups -OCH3 is 2. The van der Waals surface area contributed by atoms with Crippen LogP contribution in [0.5, 0.6) is 11.5 Å². The molecule has 0 fully saturated rings. The lowest BCUT2D eigenvalue weighted by atomic mass is 9.86. The fraction of sp³-hybridized carbons (Fsp3) is 0.292. The number of para-hydroxylation sites is 1. The lowest BCUT2D eigenvalue weighted by Crippen LogP contribution is -2.33. The first-order chi connectivity index (χ1) is 15.4. The van der Waals surface area contributed by atoms with Gasteiger partial charge in [0.25, 0.3) is 5.56 Å². The van der Waals surface area contributed by atoms with Crippen molar-refractivity contribution in [1.82, 2.24) is 9.55 Å². The molecule has 0 saturated carbocycles. The summed E-state index contributed by atoms with van der Waals surface area (Å²) in [6, 6.07) is 13.6. The Kier molecular flexibility index (Phi) is 6.23. The fourth-order valence-electron chi connectivity index (χ4n) is 4.03. The van der Waals surface area contributed by atoms with Crippen molar-refractivity contribution >= 4 is 23.5 Å². The second-order valence-electron chi connectivity index (χ2n) is 7.62. The number of aryl methyl sites for hydroxylation is 1. The Balaban J connectivity index is 1.77. The van der Waals surface area contributed by atoms with Gasteiger partial charge in [-0.05, 0) is 24.1 Å². The van der Waals surface area contributed by atoms with Crippen LogP contribution in [0.4, 0.5) is 5.82 Å². The van der Waals surface area contributed by atoms with Gasteiger partial charge in [0.2, 0.25) is 5.91 Å². The molecule has 1 N–H and O–H groups in total. The van der Waals surface area contributed by atoms with E-state index in [4.69, 9.17) is 9.47 Å². The molecule has 0 radical (unpaired) electrons. The van der Waals surface area contributed by atoms with Gasteiger partial charge in [-0.2, -0.15) is 4.98 Å². The number of benzene rings is 2. The first-order valence-electron chi connectivity index (χ1n) is 10.2. The highest BCUT2D eigenvalue weighted by Crippen LogP contribution is 2.43. The Bertz CT molecular complexity index is 1240. The third kappa shape index (κ3) is 3.98. The highest BCUT2D eigenvalue weighted by molar-refractivity contribution is 7.98. The average molecular weight is 452 g/mol. The molecule has 32 heavy (non-hydrogen) atoms. The summed E-state index contributed by atoms with van der Waals surface area (Å²) in [6.45, 7) is 2.06. The molecule has 8 heteroatoms. The topological polar surface area (TPSA) is 82.5 Å². The van der Waals surface area contributed by atoms with E-state index < -0.39 is 5.92 Å². The summed E-state index contributed by atoms with van der Waals surface area (Å²) < 4.78 is 12.8. The Labute approximate surface area is 190 Å². The van der Waals surface area contributed by atoms with Gasteiger partial charge in [-0.1, -0.05) is 48.2 Å². The van der Waals surface area contributed by atoms with E-state index in [9.17, 15) is 9.59 Å². The maximum absolute atomic E-state index is 13.2. The third-order valence-electron chi connectivity index (χ3n) is 5.73. The monoisotopic (exact) mass is 451 g/mol. The van der Waals surface area contributed by atoms with Crippen LogP contribution in [0.25, 0.3) is 0 Å². The first-order valence-corrected chi connectivity index (χ1v) is 11.2. The quantitative estimate of drug-likeness (QED) is 0.453. The number of hydrogen-bond donors (Lipinski definition) is 1. The number of carbonyl (C=O) groups is 1. The number of hydrogen-bond acceptors (Lipinski definition) is 6. The summed E-state index contributed by atoms with van der Waals surface area (Å²) in [4.78, 5) is 30.2. The molecule has 0 saturated heterocycles. The van der Waals surface area contributed by atoms with Gasteiger partial charge < -0.3 is 19.4 Å². The van der Waals surface area contributed by atoms with Crippen molar-refractivity contribution in [2.24, 2.45) is 7.05 Å². The van der Waals surface area contributed by atoms with Crippen molar-refractivity contribution in [2.45, 2.75) is 30.2 Å². The summed E-state index contributed by atoms with van der Waals surface area (Å²) in [7, 11) is 4.92. The fourth-order valence-corrected chi connectivity index (χ4v) is 5.07. The van der Waals surface area contributed by atoms with Crippen molar-refractivity contribution in [2.75, 3.05) is 19.5 Å². The number of aromatic nitrogens is 2. The van der Waals surface area contributed by atoms with Gasteiger partial charge in [0.1, 0.15) is 5.82 Å². The smallest absolute Gasteiger partial charge is 0.279 e. The van der Waals surface area contributed by atoms with Crippen LogP contribution in [-0.4, -0.2) is 29.7 Å². The molecule has 1 aromatic heterocycles. The second-order valence-corrected chi connectivity index (χ2v) is 8.57. The van der Waals surface area contributed by atoms with E-state index in [-0.39, 0.29) is 17.9 Å². The van der Waals surface area contributed by atoms with Crippen LogP contribution in [0.15, 0.2) is 52.4 Å². The predicted molar refractivity (Wildman–Crippen MR) is 125 cm³/mol. The average Bonchev–Trinajstić information content (AvgIpc) is 2.80. The Morgan fingerprint density at radius 1 is 1.12 bits per heavy atom. The molecule has 0 bridgehead atoms. The van der Waals surface area contributed by atoms with E-state index >= 15 is 0 Å². The normalized spacial score (nSPS) is 15.1. The van der Waals surface area contributed by atoms with E-state index in [0.717, 1.165) is 5.56 Å². The zero-order valence-corrected chi connectivity index (χ0v) is 19.3. The van der Waals surface area contributed by atoms with Gasteiger partial charge in [0.15, 0.2) is 16.7 Å². The van der Waals surface area contributed by atoms with Crippen LogP contribution in [0.2, 0.25) is 0 Å². The van der Waals surface area contributed by atoms with Crippen molar-refractivity contribution < 1.29 is 14.3 Å². The zero-order chi connectivity index (χ0) is 22.8. The van der Waals surface area contributed by atoms with Crippen LogP contribution in [0.3, 0.4) is 0 Å². The zero-order valence-electron chi connectivity index (χ0n) is 18.5. The lowest BCUT2D eigenvalue weighted by molar-refractivity contribution is -0.116. The number of thioether (sulfide) groups is 1. The molecule has 0 aliphatic carbocycles. The summed E-state index contributed by atoms with van der Waals surface area (Å²) in [6.07, 6.45) is 0.128. The maximum atomic E-state index is 13.2. The third-order valence-corrected chi connectivity index (χ3v) is 6.81. The Morgan fingerprint density at radius 3 is 2.62 bits per heavy atom. The first kappa shape index (κ1) is 22.0. The SMILES string of the molecule is COc1cccc(C2CC(=O)Nc3c2c(=O)nc(SCc2ccccc2C)n3C)c1OC. The van der Waals surface area contributed by atoms with E-state index in [0.29, 0.717) is 33.8 Å². The molecule has 1 atom stereocenters. The molecule has 2 aromatic carbocycles. The van der Waals surface area contributed by atoms with Crippen molar-refractivity contribution in [3.05, 3.63) is 75.1 Å². The van der Waals surface area contributed by atoms with Gasteiger partial charge >= 0.3 is 0 Å². The number of nitrogens with zero attached hydrogens (tertiary/aromatic N) is 2. The van der Waals surface area contributed by atoms with Crippen molar-refractivity contribution in [3.8, 4) is 11.5 Å². The van der Waals surface area contributed by atoms with E-state index in [2.05, 4.69) is 29.4 Å². The summed E-state index contributed by atoms with van der Waals surface area (Å²) in [5, 5.41) is 3.43. The second kappa shape index (κ2) is 9.08. The highest BCUT2D eigenvalue weighted by atomic mass is 32.2. The molecule has 3 aromatic rings. The molecular formula is C24H25N3O4S. The molecule has 2 heterocycles. The van der Waals surface area contributed by atoms with Crippen molar-refractivity contribution in [1.29, 1.82) is 0 Å². The van der Waals surface area contributed by atoms with Crippen LogP contribution >= 0.6 is 11.8 Å². The Morgan fingerprint density at radius 2 is 1.91 bits per heavy atom. The summed E-state index contributed by atoms with van der Waals surface area (Å²) in [5.74, 6) is 1.57. The summed E-state index contributed by atoms with van der Waals surface area (Å²) in [5.41, 5.74) is 3.19. The molecule has 1 aliphatic rings. The minimum absolute atomic E-state index is 0.128. The van der Waals surface area contributed by atoms with Crippen LogP contribution in [0, 0.1) is 6.92 Å². The minimum Gasteiger partial charge on any atom is -0.493 e. The number of fused-ring (bicyclic) bond motifs is 1. The predicted octanol–water partition coefficient (Wildman–Crippen LogP) is 3.87. The highest BCUT2D eigenvalue weighted by Gasteiger charge is 2.34. The number of rotatable bonds is 6. The molecule has 166 valence electrons. The molecule has 4 rings (SSSR count). The van der Waals surface area contributed by atoms with E-state index in [1.165, 1.54) is 22.9 Å². The maximum Gasteiger partial charge on any atom is 0.279 e. The van der Waals surface area contributed by atoms with E-state index in [1.54, 1.807) is 24.9 Å². The van der Waals surface area contributed by atoms with Crippen LogP contribution < -0.4 is 20.3 Å². The van der Waals surface area contributed by atoms with Crippen LogP contribution in [0.1, 0.15) is 34.6 Å². The standard InChI is InChI=1S/C24H25N3O4S/c1-14-8-5-6-9-15(14)13-32-24-26-23(29)20-17(12-19(28)25-22(20)27(24)2)16-10-7-11-18(30-3)21(16)31-4/h5-11,17H,12-13H2,1-4H3,(H,25,28). The van der Waals surface area contributed by atoms with Crippen molar-refractivity contribution in [3.63, 3.8) is 0 Å². The van der Waals surface area contributed by atoms with Gasteiger partial charge in [-0.25, -0.2) is 0 Å². The molecule has 0 spiro atoms. The molecule has 1 unspecified atom stereocenters. The van der Waals surface area contributed by atoms with Gasteiger partial charge in [-0.3, -0.25) is 9.59 Å². The Hall–Kier alpha value is -3.26. The lowest BCUT2D eigenvalue weighted by Gasteiger charge is -2.28. The molecule has 1 aliphatic heterocycles. The number of ether oxygens (including phenoxy) is 2. The number of amides is 1. The van der Waals surface area contributed by atoms with Gasteiger partial charge in [-0.15, -0.1) is 0 Å². The number of nitrogens with one attached hydrogen (secondary N) is 1. The molecular weight excluding hydrogens is 426 g/mol.